The third kappa shape index (κ3) is 3.68. The number of hydrogen-bond acceptors (Lipinski definition) is 4. The summed E-state index contributed by atoms with van der Waals surface area (Å²) in [6.45, 7) is 0. The van der Waals surface area contributed by atoms with Crippen molar-refractivity contribution in [1.29, 1.82) is 5.26 Å². The minimum atomic E-state index is -0.403. The number of rotatable bonds is 3. The largest absolute Gasteiger partial charge is 0.272 e. The average Bonchev–Trinajstić information content (AvgIpc) is 2.52. The molecule has 4 nitrogen and oxygen atoms in total. The number of amides is 1. The third-order valence-corrected chi connectivity index (χ3v) is 2.77. The van der Waals surface area contributed by atoms with E-state index in [1.54, 1.807) is 6.07 Å². The highest BCUT2D eigenvalue weighted by Crippen LogP contribution is 2.20. The molecule has 0 aliphatic rings. The van der Waals surface area contributed by atoms with Crippen LogP contribution in [0.3, 0.4) is 0 Å². The Kier molecular flexibility index (Phi) is 4.29. The van der Waals surface area contributed by atoms with Gasteiger partial charge in [-0.1, -0.05) is 0 Å². The molecule has 0 saturated heterocycles. The molecular formula is C8H6BrN3OS. The van der Waals surface area contributed by atoms with Gasteiger partial charge in [-0.3, -0.25) is 4.79 Å². The normalized spacial score (nSPS) is 10.0. The van der Waals surface area contributed by atoms with Gasteiger partial charge in [-0.15, -0.1) is 11.3 Å². The summed E-state index contributed by atoms with van der Waals surface area (Å²) in [6, 6.07) is 5.49. The van der Waals surface area contributed by atoms with E-state index < -0.39 is 5.91 Å². The fourth-order valence-corrected chi connectivity index (χ4v) is 1.97. The Morgan fingerprint density at radius 1 is 1.79 bits per heavy atom. The average molecular weight is 272 g/mol. The van der Waals surface area contributed by atoms with E-state index in [1.165, 1.54) is 17.6 Å². The van der Waals surface area contributed by atoms with Crippen molar-refractivity contribution in [2.24, 2.45) is 5.10 Å². The molecule has 0 saturated carbocycles. The predicted molar refractivity (Wildman–Crippen MR) is 58.0 cm³/mol. The number of carbonyl (C=O) groups is 1. The van der Waals surface area contributed by atoms with Crippen LogP contribution in [-0.4, -0.2) is 12.1 Å². The molecule has 1 aromatic rings. The molecule has 0 radical (unpaired) electrons. The second-order valence-electron chi connectivity index (χ2n) is 2.27. The Morgan fingerprint density at radius 2 is 2.57 bits per heavy atom. The van der Waals surface area contributed by atoms with Crippen LogP contribution in [0.25, 0.3) is 0 Å². The molecule has 0 fully saturated rings. The maximum absolute atomic E-state index is 10.8. The van der Waals surface area contributed by atoms with Crippen molar-refractivity contribution in [3.63, 3.8) is 0 Å². The first kappa shape index (κ1) is 10.9. The number of nitrogens with zero attached hydrogens (tertiary/aromatic N) is 2. The first-order valence-corrected chi connectivity index (χ1v) is 5.27. The van der Waals surface area contributed by atoms with Crippen LogP contribution in [0.5, 0.6) is 0 Å². The van der Waals surface area contributed by atoms with E-state index >= 15 is 0 Å². The van der Waals surface area contributed by atoms with Gasteiger partial charge >= 0.3 is 0 Å². The fourth-order valence-electron chi connectivity index (χ4n) is 0.677. The molecular weight excluding hydrogens is 266 g/mol. The Hall–Kier alpha value is -1.19. The van der Waals surface area contributed by atoms with E-state index in [-0.39, 0.29) is 6.42 Å². The van der Waals surface area contributed by atoms with E-state index in [2.05, 4.69) is 26.5 Å². The van der Waals surface area contributed by atoms with E-state index in [9.17, 15) is 4.79 Å². The van der Waals surface area contributed by atoms with Crippen LogP contribution < -0.4 is 5.43 Å². The number of nitrogens with one attached hydrogen (secondary N) is 1. The monoisotopic (exact) mass is 271 g/mol. The molecule has 6 heteroatoms. The quantitative estimate of drug-likeness (QED) is 0.674. The summed E-state index contributed by atoms with van der Waals surface area (Å²) in [7, 11) is 0. The third-order valence-electron chi connectivity index (χ3n) is 1.21. The van der Waals surface area contributed by atoms with Crippen molar-refractivity contribution in [2.75, 3.05) is 0 Å². The smallest absolute Gasteiger partial charge is 0.254 e. The van der Waals surface area contributed by atoms with Crippen LogP contribution >= 0.6 is 27.3 Å². The molecule has 1 heterocycles. The molecule has 72 valence electrons. The molecule has 0 bridgehead atoms. The topological polar surface area (TPSA) is 65.2 Å². The number of halogens is 1. The summed E-state index contributed by atoms with van der Waals surface area (Å²) in [5.41, 5.74) is 2.24. The van der Waals surface area contributed by atoms with Gasteiger partial charge < -0.3 is 0 Å². The molecule has 14 heavy (non-hydrogen) atoms. The Morgan fingerprint density at radius 3 is 3.14 bits per heavy atom. The molecule has 1 aromatic heterocycles. The first-order valence-electron chi connectivity index (χ1n) is 3.66. The van der Waals surface area contributed by atoms with E-state index in [1.807, 2.05) is 12.1 Å². The summed E-state index contributed by atoms with van der Waals surface area (Å²) in [4.78, 5) is 11.7. The molecule has 0 aromatic carbocycles. The summed E-state index contributed by atoms with van der Waals surface area (Å²) in [5.74, 6) is -0.403. The van der Waals surface area contributed by atoms with Gasteiger partial charge in [-0.25, -0.2) is 5.43 Å². The van der Waals surface area contributed by atoms with Crippen LogP contribution in [0.15, 0.2) is 21.0 Å². The van der Waals surface area contributed by atoms with E-state index in [0.29, 0.717) is 0 Å². The summed E-state index contributed by atoms with van der Waals surface area (Å²) >= 11 is 4.81. The number of carbonyl (C=O) groups excluding carboxylic acids is 1. The maximum Gasteiger partial charge on any atom is 0.254 e. The van der Waals surface area contributed by atoms with Gasteiger partial charge in [0.2, 0.25) is 0 Å². The number of hydrogen-bond donors (Lipinski definition) is 1. The first-order chi connectivity index (χ1) is 6.72. The summed E-state index contributed by atoms with van der Waals surface area (Å²) in [5, 5.41) is 11.9. The summed E-state index contributed by atoms with van der Waals surface area (Å²) in [6.07, 6.45) is 1.36. The fraction of sp³-hybridized carbons (Fsp3) is 0.125. The minimum absolute atomic E-state index is 0.175. The van der Waals surface area contributed by atoms with Gasteiger partial charge in [0.15, 0.2) is 0 Å². The van der Waals surface area contributed by atoms with E-state index in [4.69, 9.17) is 5.26 Å². The lowest BCUT2D eigenvalue weighted by Gasteiger charge is -1.90. The highest BCUT2D eigenvalue weighted by atomic mass is 79.9. The molecule has 1 amide bonds. The van der Waals surface area contributed by atoms with Crippen molar-refractivity contribution < 1.29 is 4.79 Å². The predicted octanol–water partition coefficient (Wildman–Crippen LogP) is 1.87. The lowest BCUT2D eigenvalue weighted by atomic mass is 10.5. The highest BCUT2D eigenvalue weighted by molar-refractivity contribution is 9.11. The van der Waals surface area contributed by atoms with Gasteiger partial charge in [-0.2, -0.15) is 10.4 Å². The van der Waals surface area contributed by atoms with Gasteiger partial charge in [0.25, 0.3) is 5.91 Å². The second-order valence-corrected chi connectivity index (χ2v) is 4.76. The van der Waals surface area contributed by atoms with Crippen LogP contribution in [0.4, 0.5) is 0 Å². The van der Waals surface area contributed by atoms with Gasteiger partial charge in [-0.05, 0) is 28.1 Å². The van der Waals surface area contributed by atoms with Crippen LogP contribution in [-0.2, 0) is 4.79 Å². The lowest BCUT2D eigenvalue weighted by molar-refractivity contribution is -0.120. The minimum Gasteiger partial charge on any atom is -0.272 e. The van der Waals surface area contributed by atoms with Crippen molar-refractivity contribution in [3.8, 4) is 6.07 Å². The number of thiophene rings is 1. The number of nitriles is 1. The standard InChI is InChI=1S/C8H6BrN3OS/c9-7-2-1-6(14-7)5-11-12-8(13)3-4-10/h1-2,5H,3H2,(H,12,13)/b11-5+. The van der Waals surface area contributed by atoms with Crippen LogP contribution in [0, 0.1) is 11.3 Å². The highest BCUT2D eigenvalue weighted by Gasteiger charge is 1.96. The van der Waals surface area contributed by atoms with Crippen LogP contribution in [0.2, 0.25) is 0 Å². The molecule has 1 rings (SSSR count). The summed E-state index contributed by atoms with van der Waals surface area (Å²) < 4.78 is 1.00. The van der Waals surface area contributed by atoms with Crippen molar-refractivity contribution in [2.45, 2.75) is 6.42 Å². The van der Waals surface area contributed by atoms with Crippen molar-refractivity contribution in [1.82, 2.24) is 5.43 Å². The molecule has 0 unspecified atom stereocenters. The Labute approximate surface area is 93.4 Å². The van der Waals surface area contributed by atoms with Crippen LogP contribution in [0.1, 0.15) is 11.3 Å². The lowest BCUT2D eigenvalue weighted by Crippen LogP contribution is -2.15. The Balaban J connectivity index is 2.42. The zero-order chi connectivity index (χ0) is 10.4. The Bertz CT molecular complexity index is 394. The SMILES string of the molecule is N#CCC(=O)N/N=C/c1ccc(Br)s1. The van der Waals surface area contributed by atoms with Crippen molar-refractivity contribution in [3.05, 3.63) is 20.8 Å². The zero-order valence-electron chi connectivity index (χ0n) is 7.03. The zero-order valence-corrected chi connectivity index (χ0v) is 9.43. The van der Waals surface area contributed by atoms with Gasteiger partial charge in [0.1, 0.15) is 6.42 Å². The molecule has 0 aliphatic heterocycles. The molecule has 0 atom stereocenters. The van der Waals surface area contributed by atoms with Gasteiger partial charge in [0, 0.05) is 4.88 Å². The van der Waals surface area contributed by atoms with Crippen molar-refractivity contribution >= 4 is 39.4 Å². The van der Waals surface area contributed by atoms with Gasteiger partial charge in [0.05, 0.1) is 16.1 Å². The number of hydrazone groups is 1. The second kappa shape index (κ2) is 5.52. The molecule has 0 aliphatic carbocycles. The van der Waals surface area contributed by atoms with E-state index in [0.717, 1.165) is 8.66 Å². The molecule has 0 spiro atoms. The maximum atomic E-state index is 10.8. The molecule has 1 N–H and O–H groups in total.